The fourth-order valence-electron chi connectivity index (χ4n) is 1.02. The van der Waals surface area contributed by atoms with Crippen LogP contribution in [0.15, 0.2) is 23.4 Å². The minimum Gasteiger partial charge on any atom is -0.507 e. The lowest BCUT2D eigenvalue weighted by Gasteiger charge is -2.02. The lowest BCUT2D eigenvalue weighted by molar-refractivity contribution is 0.0597. The monoisotopic (exact) mass is 209 g/mol. The first-order valence-electron chi connectivity index (χ1n) is 4.17. The highest BCUT2D eigenvalue weighted by Gasteiger charge is 2.11. The number of nitrogens with zero attached hydrogens (tertiary/aromatic N) is 1. The van der Waals surface area contributed by atoms with Gasteiger partial charge in [0.05, 0.1) is 13.3 Å². The first-order chi connectivity index (χ1) is 7.19. The van der Waals surface area contributed by atoms with E-state index in [1.807, 2.05) is 0 Å². The van der Waals surface area contributed by atoms with Crippen LogP contribution in [-0.4, -0.2) is 31.5 Å². The number of aromatic hydroxyl groups is 1. The summed E-state index contributed by atoms with van der Waals surface area (Å²) >= 11 is 0. The molecule has 0 fully saturated rings. The number of carbonyl (C=O) groups excluding carboxylic acids is 1. The average Bonchev–Trinajstić information content (AvgIpc) is 2.27. The van der Waals surface area contributed by atoms with Gasteiger partial charge in [0.25, 0.3) is 0 Å². The number of carbonyl (C=O) groups is 1. The van der Waals surface area contributed by atoms with Crippen molar-refractivity contribution >= 4 is 12.2 Å². The van der Waals surface area contributed by atoms with Crippen LogP contribution in [-0.2, 0) is 9.57 Å². The lowest BCUT2D eigenvalue weighted by Crippen LogP contribution is -2.02. The maximum absolute atomic E-state index is 11.2. The number of benzene rings is 1. The van der Waals surface area contributed by atoms with E-state index in [2.05, 4.69) is 14.7 Å². The summed E-state index contributed by atoms with van der Waals surface area (Å²) in [5, 5.41) is 12.9. The van der Waals surface area contributed by atoms with E-state index < -0.39 is 5.97 Å². The number of hydrogen-bond donors (Lipinski definition) is 1. The topological polar surface area (TPSA) is 68.1 Å². The quantitative estimate of drug-likeness (QED) is 0.460. The zero-order chi connectivity index (χ0) is 11.3. The molecular weight excluding hydrogens is 198 g/mol. The standard InChI is InChI=1S/C10H11NO4/c1-14-10(13)8-5-7(6-11-15-2)3-4-9(8)12/h3-6,12H,1-2H3. The van der Waals surface area contributed by atoms with E-state index in [-0.39, 0.29) is 11.3 Å². The van der Waals surface area contributed by atoms with Gasteiger partial charge in [-0.1, -0.05) is 5.16 Å². The van der Waals surface area contributed by atoms with Crippen molar-refractivity contribution in [3.63, 3.8) is 0 Å². The van der Waals surface area contributed by atoms with Crippen molar-refractivity contribution in [1.29, 1.82) is 0 Å². The van der Waals surface area contributed by atoms with Crippen molar-refractivity contribution in [3.05, 3.63) is 29.3 Å². The van der Waals surface area contributed by atoms with Crippen LogP contribution in [0.25, 0.3) is 0 Å². The second-order valence-electron chi connectivity index (χ2n) is 2.69. The highest BCUT2D eigenvalue weighted by atomic mass is 16.6. The van der Waals surface area contributed by atoms with E-state index in [0.717, 1.165) is 0 Å². The molecule has 0 bridgehead atoms. The molecule has 0 unspecified atom stereocenters. The van der Waals surface area contributed by atoms with Crippen LogP contribution in [0.4, 0.5) is 0 Å². The minimum atomic E-state index is -0.597. The summed E-state index contributed by atoms with van der Waals surface area (Å²) in [7, 11) is 2.66. The highest BCUT2D eigenvalue weighted by molar-refractivity contribution is 5.94. The minimum absolute atomic E-state index is 0.0950. The Labute approximate surface area is 86.9 Å². The third-order valence-corrected chi connectivity index (χ3v) is 1.73. The van der Waals surface area contributed by atoms with E-state index >= 15 is 0 Å². The first kappa shape index (κ1) is 11.0. The number of ether oxygens (including phenoxy) is 1. The molecule has 5 heteroatoms. The smallest absolute Gasteiger partial charge is 0.341 e. The predicted octanol–water partition coefficient (Wildman–Crippen LogP) is 1.16. The van der Waals surface area contributed by atoms with Gasteiger partial charge in [0.1, 0.15) is 18.4 Å². The molecule has 0 atom stereocenters. The van der Waals surface area contributed by atoms with Crippen molar-refractivity contribution < 1.29 is 19.5 Å². The van der Waals surface area contributed by atoms with Crippen LogP contribution < -0.4 is 0 Å². The molecule has 0 saturated heterocycles. The average molecular weight is 209 g/mol. The zero-order valence-electron chi connectivity index (χ0n) is 8.43. The number of phenols is 1. The van der Waals surface area contributed by atoms with Crippen LogP contribution in [0, 0.1) is 0 Å². The molecule has 1 aromatic carbocycles. The maximum atomic E-state index is 11.2. The van der Waals surface area contributed by atoms with Gasteiger partial charge in [-0.3, -0.25) is 0 Å². The summed E-state index contributed by atoms with van der Waals surface area (Å²) in [5.74, 6) is -0.725. The summed E-state index contributed by atoms with van der Waals surface area (Å²) in [6.07, 6.45) is 1.42. The van der Waals surface area contributed by atoms with E-state index in [9.17, 15) is 9.90 Å². The van der Waals surface area contributed by atoms with Crippen LogP contribution in [0.3, 0.4) is 0 Å². The van der Waals surface area contributed by atoms with Gasteiger partial charge in [-0.05, 0) is 23.8 Å². The van der Waals surface area contributed by atoms with Gasteiger partial charge in [0.2, 0.25) is 0 Å². The number of phenolic OH excluding ortho intramolecular Hbond substituents is 1. The van der Waals surface area contributed by atoms with Crippen molar-refractivity contribution in [2.24, 2.45) is 5.16 Å². The van der Waals surface area contributed by atoms with E-state index in [4.69, 9.17) is 0 Å². The van der Waals surface area contributed by atoms with Crippen molar-refractivity contribution in [1.82, 2.24) is 0 Å². The van der Waals surface area contributed by atoms with Crippen molar-refractivity contribution in [3.8, 4) is 5.75 Å². The molecule has 1 rings (SSSR count). The van der Waals surface area contributed by atoms with Gasteiger partial charge in [-0.15, -0.1) is 0 Å². The largest absolute Gasteiger partial charge is 0.507 e. The Morgan fingerprint density at radius 2 is 2.20 bits per heavy atom. The molecule has 0 aliphatic carbocycles. The Morgan fingerprint density at radius 1 is 1.47 bits per heavy atom. The third kappa shape index (κ3) is 2.70. The highest BCUT2D eigenvalue weighted by Crippen LogP contribution is 2.18. The number of rotatable bonds is 3. The Balaban J connectivity index is 3.05. The van der Waals surface area contributed by atoms with Gasteiger partial charge in [-0.2, -0.15) is 0 Å². The fraction of sp³-hybridized carbons (Fsp3) is 0.200. The zero-order valence-corrected chi connectivity index (χ0v) is 8.43. The molecule has 0 aliphatic heterocycles. The molecule has 15 heavy (non-hydrogen) atoms. The molecule has 0 aliphatic rings. The summed E-state index contributed by atoms with van der Waals surface area (Å²) in [6, 6.07) is 4.46. The molecule has 80 valence electrons. The number of methoxy groups -OCH3 is 1. The molecule has 0 amide bonds. The first-order valence-corrected chi connectivity index (χ1v) is 4.17. The maximum Gasteiger partial charge on any atom is 0.341 e. The van der Waals surface area contributed by atoms with Gasteiger partial charge in [0, 0.05) is 0 Å². The van der Waals surface area contributed by atoms with E-state index in [1.54, 1.807) is 6.07 Å². The lowest BCUT2D eigenvalue weighted by atomic mass is 10.1. The molecule has 1 aromatic rings. The van der Waals surface area contributed by atoms with Crippen LogP contribution in [0.5, 0.6) is 5.75 Å². The SMILES string of the molecule is CON=Cc1ccc(O)c(C(=O)OC)c1. The second kappa shape index (κ2) is 4.99. The van der Waals surface area contributed by atoms with Crippen molar-refractivity contribution in [2.75, 3.05) is 14.2 Å². The third-order valence-electron chi connectivity index (χ3n) is 1.73. The molecule has 0 radical (unpaired) electrons. The van der Waals surface area contributed by atoms with Gasteiger partial charge in [0.15, 0.2) is 0 Å². The molecule has 0 saturated carbocycles. The number of esters is 1. The second-order valence-corrected chi connectivity index (χ2v) is 2.69. The fourth-order valence-corrected chi connectivity index (χ4v) is 1.02. The van der Waals surface area contributed by atoms with Gasteiger partial charge >= 0.3 is 5.97 Å². The Morgan fingerprint density at radius 3 is 2.80 bits per heavy atom. The van der Waals surface area contributed by atoms with E-state index in [0.29, 0.717) is 5.56 Å². The summed E-state index contributed by atoms with van der Waals surface area (Å²) in [6.45, 7) is 0. The summed E-state index contributed by atoms with van der Waals surface area (Å²) < 4.78 is 4.50. The van der Waals surface area contributed by atoms with Gasteiger partial charge in [-0.25, -0.2) is 4.79 Å². The Kier molecular flexibility index (Phi) is 3.68. The number of oxime groups is 1. The van der Waals surface area contributed by atoms with Crippen LogP contribution in [0.1, 0.15) is 15.9 Å². The summed E-state index contributed by atoms with van der Waals surface area (Å²) in [5.41, 5.74) is 0.729. The van der Waals surface area contributed by atoms with Crippen LogP contribution in [0.2, 0.25) is 0 Å². The molecule has 0 aromatic heterocycles. The number of hydrogen-bond acceptors (Lipinski definition) is 5. The Bertz CT molecular complexity index is 387. The van der Waals surface area contributed by atoms with E-state index in [1.165, 1.54) is 32.6 Å². The molecule has 1 N–H and O–H groups in total. The summed E-state index contributed by atoms with van der Waals surface area (Å²) in [4.78, 5) is 15.7. The predicted molar refractivity (Wildman–Crippen MR) is 54.0 cm³/mol. The van der Waals surface area contributed by atoms with Crippen LogP contribution >= 0.6 is 0 Å². The normalized spacial score (nSPS) is 10.3. The molecule has 0 spiro atoms. The van der Waals surface area contributed by atoms with Gasteiger partial charge < -0.3 is 14.7 Å². The molecule has 5 nitrogen and oxygen atoms in total. The van der Waals surface area contributed by atoms with Crippen molar-refractivity contribution in [2.45, 2.75) is 0 Å². The Hall–Kier alpha value is -2.04. The molecule has 0 heterocycles. The molecular formula is C10H11NO4.